The first-order chi connectivity index (χ1) is 14.5. The summed E-state index contributed by atoms with van der Waals surface area (Å²) < 4.78 is 28.4. The summed E-state index contributed by atoms with van der Waals surface area (Å²) in [7, 11) is -3.70. The van der Waals surface area contributed by atoms with E-state index in [0.29, 0.717) is 16.5 Å². The van der Waals surface area contributed by atoms with E-state index < -0.39 is 10.0 Å². The minimum Gasteiger partial charge on any atom is -0.332 e. The number of aryl methyl sites for hydroxylation is 5. The molecule has 7 heteroatoms. The Morgan fingerprint density at radius 1 is 0.742 bits per heavy atom. The highest BCUT2D eigenvalue weighted by Gasteiger charge is 2.17. The van der Waals surface area contributed by atoms with Gasteiger partial charge in [-0.3, -0.25) is 4.72 Å². The van der Waals surface area contributed by atoms with Crippen molar-refractivity contribution >= 4 is 44.4 Å². The predicted octanol–water partition coefficient (Wildman–Crippen LogP) is 5.84. The molecule has 0 heterocycles. The van der Waals surface area contributed by atoms with Crippen molar-refractivity contribution in [3.05, 3.63) is 82.4 Å². The van der Waals surface area contributed by atoms with Crippen molar-refractivity contribution in [2.45, 2.75) is 39.5 Å². The van der Waals surface area contributed by atoms with E-state index in [4.69, 9.17) is 12.2 Å². The second-order valence-corrected chi connectivity index (χ2v) is 9.89. The lowest BCUT2D eigenvalue weighted by Gasteiger charge is -2.15. The molecule has 0 aliphatic carbocycles. The quantitative estimate of drug-likeness (QED) is 0.424. The van der Waals surface area contributed by atoms with Gasteiger partial charge in [0.15, 0.2) is 5.11 Å². The van der Waals surface area contributed by atoms with Crippen molar-refractivity contribution in [3.63, 3.8) is 0 Å². The fraction of sp³-hybridized carbons (Fsp3) is 0.208. The molecule has 3 rings (SSSR count). The molecule has 3 N–H and O–H groups in total. The Hall–Kier alpha value is -2.90. The molecule has 0 aliphatic rings. The second-order valence-electron chi connectivity index (χ2n) is 7.80. The van der Waals surface area contributed by atoms with Gasteiger partial charge in [-0.15, -0.1) is 0 Å². The number of rotatable bonds is 5. The van der Waals surface area contributed by atoms with Gasteiger partial charge in [-0.05, 0) is 99.4 Å². The molecular weight excluding hydrogens is 426 g/mol. The molecule has 0 aliphatic heterocycles. The summed E-state index contributed by atoms with van der Waals surface area (Å²) in [6.45, 7) is 9.81. The van der Waals surface area contributed by atoms with Crippen LogP contribution < -0.4 is 15.4 Å². The molecule has 0 spiro atoms. The van der Waals surface area contributed by atoms with Crippen LogP contribution in [0.2, 0.25) is 0 Å². The highest BCUT2D eigenvalue weighted by atomic mass is 32.2. The molecular formula is C24H27N3O2S2. The van der Waals surface area contributed by atoms with Crippen LogP contribution in [0.15, 0.2) is 59.5 Å². The number of benzene rings is 3. The van der Waals surface area contributed by atoms with E-state index in [1.165, 1.54) is 0 Å². The first kappa shape index (κ1) is 22.8. The minimum absolute atomic E-state index is 0.186. The van der Waals surface area contributed by atoms with E-state index in [2.05, 4.69) is 15.4 Å². The number of sulfonamides is 1. The molecule has 5 nitrogen and oxygen atoms in total. The Morgan fingerprint density at radius 2 is 1.35 bits per heavy atom. The van der Waals surface area contributed by atoms with Crippen molar-refractivity contribution in [2.75, 3.05) is 15.4 Å². The largest absolute Gasteiger partial charge is 0.332 e. The van der Waals surface area contributed by atoms with Gasteiger partial charge in [0.05, 0.1) is 10.6 Å². The number of hydrogen-bond donors (Lipinski definition) is 3. The van der Waals surface area contributed by atoms with Crippen molar-refractivity contribution in [1.82, 2.24) is 0 Å². The highest BCUT2D eigenvalue weighted by molar-refractivity contribution is 7.92. The second kappa shape index (κ2) is 9.08. The Labute approximate surface area is 190 Å². The lowest BCUT2D eigenvalue weighted by atomic mass is 10.1. The Kier molecular flexibility index (Phi) is 6.67. The number of thiocarbonyl (C=S) groups is 1. The third kappa shape index (κ3) is 5.62. The molecule has 3 aromatic carbocycles. The third-order valence-corrected chi connectivity index (χ3v) is 6.55. The van der Waals surface area contributed by atoms with Crippen LogP contribution in [0.4, 0.5) is 17.1 Å². The van der Waals surface area contributed by atoms with Crippen LogP contribution in [-0.4, -0.2) is 13.5 Å². The maximum atomic E-state index is 12.9. The summed E-state index contributed by atoms with van der Waals surface area (Å²) in [6.07, 6.45) is 0. The van der Waals surface area contributed by atoms with Gasteiger partial charge in [-0.2, -0.15) is 0 Å². The molecule has 0 aromatic heterocycles. The van der Waals surface area contributed by atoms with Crippen molar-refractivity contribution in [1.29, 1.82) is 0 Å². The van der Waals surface area contributed by atoms with Crippen molar-refractivity contribution in [3.8, 4) is 0 Å². The van der Waals surface area contributed by atoms with Gasteiger partial charge in [0.25, 0.3) is 10.0 Å². The molecule has 0 amide bonds. The van der Waals surface area contributed by atoms with Crippen molar-refractivity contribution < 1.29 is 8.42 Å². The lowest BCUT2D eigenvalue weighted by Crippen LogP contribution is -2.20. The van der Waals surface area contributed by atoms with E-state index in [0.717, 1.165) is 33.5 Å². The number of hydrogen-bond acceptors (Lipinski definition) is 3. The maximum Gasteiger partial charge on any atom is 0.261 e. The topological polar surface area (TPSA) is 70.2 Å². The zero-order valence-corrected chi connectivity index (χ0v) is 20.0. The van der Waals surface area contributed by atoms with Gasteiger partial charge < -0.3 is 10.6 Å². The van der Waals surface area contributed by atoms with Gasteiger partial charge in [0.1, 0.15) is 0 Å². The normalized spacial score (nSPS) is 11.1. The smallest absolute Gasteiger partial charge is 0.261 e. The standard InChI is InChI=1S/C24H27N3O2S2/c1-15-6-7-17(3)22(14-15)26-24(30)25-20-8-10-21(11-9-20)31(28,29)27-23-18(4)12-16(2)13-19(23)5/h6-14,27H,1-5H3,(H2,25,26,30). The molecule has 162 valence electrons. The Morgan fingerprint density at radius 3 is 1.97 bits per heavy atom. The molecule has 0 atom stereocenters. The lowest BCUT2D eigenvalue weighted by molar-refractivity contribution is 0.601. The van der Waals surface area contributed by atoms with E-state index in [1.807, 2.05) is 65.0 Å². The zero-order chi connectivity index (χ0) is 22.8. The SMILES string of the molecule is Cc1cc(C)c(NS(=O)(=O)c2ccc(NC(=S)Nc3cc(C)ccc3C)cc2)c(C)c1. The number of nitrogens with one attached hydrogen (secondary N) is 3. The molecule has 0 unspecified atom stereocenters. The third-order valence-electron chi connectivity index (χ3n) is 4.98. The van der Waals surface area contributed by atoms with Gasteiger partial charge in [-0.25, -0.2) is 8.42 Å². The van der Waals surface area contributed by atoms with E-state index >= 15 is 0 Å². The molecule has 0 saturated carbocycles. The van der Waals surface area contributed by atoms with Crippen LogP contribution in [0.1, 0.15) is 27.8 Å². The van der Waals surface area contributed by atoms with E-state index in [-0.39, 0.29) is 4.90 Å². The van der Waals surface area contributed by atoms with Crippen LogP contribution in [0, 0.1) is 34.6 Å². The van der Waals surface area contributed by atoms with Crippen LogP contribution >= 0.6 is 12.2 Å². The fourth-order valence-corrected chi connectivity index (χ4v) is 4.84. The first-order valence-corrected chi connectivity index (χ1v) is 11.8. The molecule has 0 radical (unpaired) electrons. The Bertz CT molecular complexity index is 1210. The monoisotopic (exact) mass is 453 g/mol. The summed E-state index contributed by atoms with van der Waals surface area (Å²) >= 11 is 5.40. The van der Waals surface area contributed by atoms with Gasteiger partial charge in [0, 0.05) is 11.4 Å². The van der Waals surface area contributed by atoms with Gasteiger partial charge in [0.2, 0.25) is 0 Å². The van der Waals surface area contributed by atoms with Crippen LogP contribution in [-0.2, 0) is 10.0 Å². The Balaban J connectivity index is 1.72. The van der Waals surface area contributed by atoms with Gasteiger partial charge in [-0.1, -0.05) is 29.8 Å². The van der Waals surface area contributed by atoms with Crippen LogP contribution in [0.3, 0.4) is 0 Å². The molecule has 3 aromatic rings. The van der Waals surface area contributed by atoms with Crippen molar-refractivity contribution in [2.24, 2.45) is 0 Å². The summed E-state index contributed by atoms with van der Waals surface area (Å²) in [4.78, 5) is 0.186. The first-order valence-electron chi connectivity index (χ1n) is 9.91. The van der Waals surface area contributed by atoms with E-state index in [9.17, 15) is 8.42 Å². The van der Waals surface area contributed by atoms with Gasteiger partial charge >= 0.3 is 0 Å². The maximum absolute atomic E-state index is 12.9. The highest BCUT2D eigenvalue weighted by Crippen LogP contribution is 2.26. The minimum atomic E-state index is -3.70. The summed E-state index contributed by atoms with van der Waals surface area (Å²) in [5, 5.41) is 6.72. The summed E-state index contributed by atoms with van der Waals surface area (Å²) in [6, 6.07) is 16.5. The van der Waals surface area contributed by atoms with Crippen LogP contribution in [0.25, 0.3) is 0 Å². The predicted molar refractivity (Wildman–Crippen MR) is 134 cm³/mol. The fourth-order valence-electron chi connectivity index (χ4n) is 3.41. The molecule has 0 saturated heterocycles. The zero-order valence-electron chi connectivity index (χ0n) is 18.3. The summed E-state index contributed by atoms with van der Waals surface area (Å²) in [5.41, 5.74) is 7.35. The summed E-state index contributed by atoms with van der Waals surface area (Å²) in [5.74, 6) is 0. The average molecular weight is 454 g/mol. The number of anilines is 3. The molecule has 0 bridgehead atoms. The molecule has 31 heavy (non-hydrogen) atoms. The van der Waals surface area contributed by atoms with Crippen LogP contribution in [0.5, 0.6) is 0 Å². The molecule has 0 fully saturated rings. The van der Waals surface area contributed by atoms with E-state index in [1.54, 1.807) is 24.3 Å². The average Bonchev–Trinajstić information content (AvgIpc) is 2.68.